The number of allylic oxidation sites excluding steroid dienone is 1. The molecule has 0 saturated carbocycles. The van der Waals surface area contributed by atoms with Crippen LogP contribution in [-0.2, 0) is 25.5 Å². The lowest BCUT2D eigenvalue weighted by Gasteiger charge is -2.29. The lowest BCUT2D eigenvalue weighted by Crippen LogP contribution is -2.55. The molecule has 1 aliphatic rings. The van der Waals surface area contributed by atoms with E-state index in [1.165, 1.54) is 23.6 Å². The van der Waals surface area contributed by atoms with Crippen molar-refractivity contribution in [3.05, 3.63) is 48.0 Å². The number of nitrogens with one attached hydrogen (secondary N) is 1. The van der Waals surface area contributed by atoms with E-state index in [0.29, 0.717) is 26.0 Å². The first-order chi connectivity index (χ1) is 17.4. The summed E-state index contributed by atoms with van der Waals surface area (Å²) in [6.45, 7) is 6.75. The second-order valence-corrected chi connectivity index (χ2v) is 10.8. The van der Waals surface area contributed by atoms with E-state index in [9.17, 15) is 24.9 Å². The van der Waals surface area contributed by atoms with Crippen molar-refractivity contribution in [2.75, 3.05) is 27.3 Å². The van der Waals surface area contributed by atoms with Crippen LogP contribution in [-0.4, -0.2) is 95.9 Å². The molecule has 4 N–H and O–H groups in total. The highest BCUT2D eigenvalue weighted by Crippen LogP contribution is 2.18. The number of methoxy groups -OCH3 is 1. The number of amides is 2. The fraction of sp³-hybridized carbons (Fsp3) is 0.643. The molecular weight excluding hydrogens is 476 g/mol. The van der Waals surface area contributed by atoms with Crippen molar-refractivity contribution in [2.45, 2.75) is 83.0 Å². The number of rotatable bonds is 12. The molecule has 208 valence electrons. The predicted octanol–water partition coefficient (Wildman–Crippen LogP) is 1.44. The highest BCUT2D eigenvalue weighted by Gasteiger charge is 2.38. The first-order valence-corrected chi connectivity index (χ1v) is 12.9. The average Bonchev–Trinajstić information content (AvgIpc) is 2.98. The van der Waals surface area contributed by atoms with Gasteiger partial charge in [0.1, 0.15) is 24.4 Å². The van der Waals surface area contributed by atoms with Gasteiger partial charge in [0.25, 0.3) is 5.91 Å². The van der Waals surface area contributed by atoms with E-state index >= 15 is 0 Å². The highest BCUT2D eigenvalue weighted by molar-refractivity contribution is 5.89. The van der Waals surface area contributed by atoms with Gasteiger partial charge in [-0.25, -0.2) is 0 Å². The molecule has 1 aliphatic heterocycles. The first-order valence-electron chi connectivity index (χ1n) is 12.9. The van der Waals surface area contributed by atoms with Crippen LogP contribution in [0.3, 0.4) is 0 Å². The molecule has 0 radical (unpaired) electrons. The van der Waals surface area contributed by atoms with Crippen LogP contribution in [0.4, 0.5) is 0 Å². The van der Waals surface area contributed by atoms with Gasteiger partial charge < -0.3 is 35.0 Å². The molecule has 1 aromatic rings. The molecule has 1 fully saturated rings. The van der Waals surface area contributed by atoms with Crippen molar-refractivity contribution in [1.82, 2.24) is 10.2 Å². The maximum atomic E-state index is 12.9. The van der Waals surface area contributed by atoms with Crippen molar-refractivity contribution in [2.24, 2.45) is 5.41 Å². The number of likely N-dealkylation sites (tertiary alicyclic amines) is 1. The number of nitrogens with zero attached hydrogens (tertiary/aromatic N) is 1. The minimum atomic E-state index is -1.70. The Morgan fingerprint density at radius 2 is 1.84 bits per heavy atom. The molecule has 0 unspecified atom stereocenters. The topological polar surface area (TPSA) is 129 Å². The molecule has 9 heteroatoms. The summed E-state index contributed by atoms with van der Waals surface area (Å²) in [4.78, 5) is 27.3. The van der Waals surface area contributed by atoms with Gasteiger partial charge in [-0.15, -0.1) is 0 Å². The van der Waals surface area contributed by atoms with Gasteiger partial charge in [-0.2, -0.15) is 0 Å². The van der Waals surface area contributed by atoms with Gasteiger partial charge >= 0.3 is 0 Å². The fourth-order valence-electron chi connectivity index (χ4n) is 4.21. The molecule has 6 atom stereocenters. The second-order valence-electron chi connectivity index (χ2n) is 10.8. The van der Waals surface area contributed by atoms with E-state index in [-0.39, 0.29) is 17.4 Å². The summed E-state index contributed by atoms with van der Waals surface area (Å²) >= 11 is 0. The molecule has 0 aliphatic carbocycles. The molecule has 9 nitrogen and oxygen atoms in total. The number of ether oxygens (including phenoxy) is 2. The Labute approximate surface area is 220 Å². The number of aliphatic hydroxyl groups is 3. The van der Waals surface area contributed by atoms with Crippen LogP contribution in [0.25, 0.3) is 0 Å². The zero-order chi connectivity index (χ0) is 27.6. The van der Waals surface area contributed by atoms with E-state index in [1.807, 2.05) is 39.0 Å². The third-order valence-corrected chi connectivity index (χ3v) is 6.37. The molecule has 2 rings (SSSR count). The molecule has 0 aromatic heterocycles. The van der Waals surface area contributed by atoms with Crippen LogP contribution >= 0.6 is 0 Å². The average molecular weight is 521 g/mol. The zero-order valence-electron chi connectivity index (χ0n) is 22.7. The molecule has 1 heterocycles. The van der Waals surface area contributed by atoms with Gasteiger partial charge in [0.15, 0.2) is 6.10 Å². The van der Waals surface area contributed by atoms with E-state index < -0.39 is 36.4 Å². The standard InChI is InChI=1S/C28H44N2O7/c1-28(2,3)16-15-22(31)23(32)24(33)25(36-5)26(34)29-21-14-13-20(18-30(4)27(21)35)37-17-9-12-19-10-7-6-8-11-19/h6-8,10-11,15-16,20-25,31-33H,9,12-14,17-18H2,1-5H3,(H,29,34)/b16-15+/t20-,21+,22-,23+,24-,25-/m1/s1. The number of hydrogen-bond acceptors (Lipinski definition) is 7. The van der Waals surface area contributed by atoms with Gasteiger partial charge in [-0.05, 0) is 36.7 Å². The lowest BCUT2D eigenvalue weighted by molar-refractivity contribution is -0.151. The maximum absolute atomic E-state index is 12.9. The van der Waals surface area contributed by atoms with Crippen LogP contribution in [0, 0.1) is 5.41 Å². The Bertz CT molecular complexity index is 871. The van der Waals surface area contributed by atoms with Crippen molar-refractivity contribution < 1.29 is 34.4 Å². The lowest BCUT2D eigenvalue weighted by atomic mass is 9.94. The summed E-state index contributed by atoms with van der Waals surface area (Å²) in [6.07, 6.45) is -0.585. The third kappa shape index (κ3) is 10.2. The SMILES string of the molecule is CO[C@@H](C(=O)N[C@H]1CC[C@@H](OCCCc2ccccc2)CN(C)C1=O)[C@H](O)[C@@H](O)[C@H](O)/C=C/C(C)(C)C. The van der Waals surface area contributed by atoms with E-state index in [0.717, 1.165) is 12.8 Å². The van der Waals surface area contributed by atoms with Gasteiger partial charge in [0.2, 0.25) is 5.91 Å². The monoisotopic (exact) mass is 520 g/mol. The Balaban J connectivity index is 1.90. The van der Waals surface area contributed by atoms with E-state index in [4.69, 9.17) is 9.47 Å². The van der Waals surface area contributed by atoms with Crippen LogP contribution in [0.5, 0.6) is 0 Å². The number of aryl methyl sites for hydroxylation is 1. The summed E-state index contributed by atoms with van der Waals surface area (Å²) < 4.78 is 11.2. The summed E-state index contributed by atoms with van der Waals surface area (Å²) in [5.74, 6) is -1.00. The number of aliphatic hydroxyl groups excluding tert-OH is 3. The first kappa shape index (κ1) is 30.9. The molecule has 37 heavy (non-hydrogen) atoms. The minimum Gasteiger partial charge on any atom is -0.387 e. The normalized spacial score (nSPS) is 22.4. The highest BCUT2D eigenvalue weighted by atomic mass is 16.5. The Morgan fingerprint density at radius 1 is 1.16 bits per heavy atom. The predicted molar refractivity (Wildman–Crippen MR) is 141 cm³/mol. The molecule has 1 saturated heterocycles. The minimum absolute atomic E-state index is 0.151. The Morgan fingerprint density at radius 3 is 2.46 bits per heavy atom. The maximum Gasteiger partial charge on any atom is 0.252 e. The van der Waals surface area contributed by atoms with Crippen LogP contribution in [0.15, 0.2) is 42.5 Å². The third-order valence-electron chi connectivity index (χ3n) is 6.37. The van der Waals surface area contributed by atoms with E-state index in [2.05, 4.69) is 17.4 Å². The molecular formula is C28H44N2O7. The summed E-state index contributed by atoms with van der Waals surface area (Å²) in [5.41, 5.74) is 1.01. The van der Waals surface area contributed by atoms with Gasteiger partial charge in [-0.1, -0.05) is 63.3 Å². The Hall–Kier alpha value is -2.30. The smallest absolute Gasteiger partial charge is 0.252 e. The molecule has 2 amide bonds. The zero-order valence-corrected chi connectivity index (χ0v) is 22.7. The molecule has 0 bridgehead atoms. The summed E-state index contributed by atoms with van der Waals surface area (Å²) in [6, 6.07) is 9.35. The van der Waals surface area contributed by atoms with Crippen molar-refractivity contribution in [3.8, 4) is 0 Å². The number of hydrogen-bond donors (Lipinski definition) is 4. The number of likely N-dealkylation sites (N-methyl/N-ethyl adjacent to an activating group) is 1. The van der Waals surface area contributed by atoms with Gasteiger partial charge in [0, 0.05) is 27.3 Å². The fourth-order valence-corrected chi connectivity index (χ4v) is 4.21. The largest absolute Gasteiger partial charge is 0.387 e. The van der Waals surface area contributed by atoms with Crippen molar-refractivity contribution >= 4 is 11.8 Å². The van der Waals surface area contributed by atoms with Crippen LogP contribution in [0.2, 0.25) is 0 Å². The number of carbonyl (C=O) groups is 2. The van der Waals surface area contributed by atoms with Crippen LogP contribution < -0.4 is 5.32 Å². The van der Waals surface area contributed by atoms with E-state index in [1.54, 1.807) is 13.1 Å². The van der Waals surface area contributed by atoms with Gasteiger partial charge in [-0.3, -0.25) is 9.59 Å². The molecule has 0 spiro atoms. The summed E-state index contributed by atoms with van der Waals surface area (Å²) in [5, 5.41) is 33.8. The number of benzene rings is 1. The molecule has 1 aromatic carbocycles. The Kier molecular flexibility index (Phi) is 12.2. The van der Waals surface area contributed by atoms with Crippen LogP contribution in [0.1, 0.15) is 45.6 Å². The second kappa shape index (κ2) is 14.6. The summed E-state index contributed by atoms with van der Waals surface area (Å²) in [7, 11) is 2.88. The number of carbonyl (C=O) groups excluding carboxylic acids is 2. The van der Waals surface area contributed by atoms with Crippen molar-refractivity contribution in [3.63, 3.8) is 0 Å². The van der Waals surface area contributed by atoms with Crippen molar-refractivity contribution in [1.29, 1.82) is 0 Å². The quantitative estimate of drug-likeness (QED) is 0.243. The van der Waals surface area contributed by atoms with Gasteiger partial charge in [0.05, 0.1) is 6.10 Å².